The number of carbonyl (C=O) groups is 4. The number of carbonyl (C=O) groups excluding carboxylic acids is 2. The van der Waals surface area contributed by atoms with Gasteiger partial charge in [-0.2, -0.15) is 0 Å². The van der Waals surface area contributed by atoms with Gasteiger partial charge < -0.3 is 42.3 Å². The lowest BCUT2D eigenvalue weighted by Gasteiger charge is -2.49. The third-order valence-corrected chi connectivity index (χ3v) is 9.85. The number of aliphatic hydroxyl groups excluding tert-OH is 1. The van der Waals surface area contributed by atoms with Gasteiger partial charge in [-0.1, -0.05) is 28.1 Å². The maximum Gasteiger partial charge on any atom is 0.352 e. The number of nitrogens with one attached hydrogen (secondary N) is 2. The zero-order valence-electron chi connectivity index (χ0n) is 25.3. The van der Waals surface area contributed by atoms with E-state index in [1.165, 1.54) is 18.7 Å². The summed E-state index contributed by atoms with van der Waals surface area (Å²) >= 11 is 8.28. The van der Waals surface area contributed by atoms with Crippen molar-refractivity contribution in [3.8, 4) is 0 Å². The van der Waals surface area contributed by atoms with Crippen molar-refractivity contribution >= 4 is 86.4 Å². The van der Waals surface area contributed by atoms with Gasteiger partial charge in [0, 0.05) is 24.4 Å². The number of fused-ring (bicyclic) bond motifs is 2. The van der Waals surface area contributed by atoms with Gasteiger partial charge >= 0.3 is 23.5 Å². The van der Waals surface area contributed by atoms with E-state index in [1.54, 1.807) is 16.8 Å². The molecular formula is C27H32ClN10O8S2+. The third-order valence-electron chi connectivity index (χ3n) is 7.42. The number of carboxylic acid groups (broad SMARTS) is 2. The Morgan fingerprint density at radius 2 is 2.04 bits per heavy atom. The number of β-lactam (4-membered cyclic amide) rings is 1. The number of oxime groups is 1. The summed E-state index contributed by atoms with van der Waals surface area (Å²) in [7, 11) is 0. The van der Waals surface area contributed by atoms with E-state index in [2.05, 4.69) is 25.8 Å². The van der Waals surface area contributed by atoms with Crippen LogP contribution in [0.3, 0.4) is 0 Å². The van der Waals surface area contributed by atoms with Crippen molar-refractivity contribution in [3.05, 3.63) is 39.6 Å². The van der Waals surface area contributed by atoms with Gasteiger partial charge in [-0.3, -0.25) is 19.1 Å². The Hall–Kier alpha value is -4.50. The topological polar surface area (TPSA) is 264 Å². The Labute approximate surface area is 285 Å². The first-order chi connectivity index (χ1) is 22.9. The predicted octanol–water partition coefficient (Wildman–Crippen LogP) is -0.797. The molecule has 3 aromatic rings. The molecule has 2 unspecified atom stereocenters. The second-order valence-corrected chi connectivity index (χ2v) is 13.3. The maximum atomic E-state index is 13.4. The molecular weight excluding hydrogens is 692 g/mol. The molecule has 5 heterocycles. The van der Waals surface area contributed by atoms with Crippen LogP contribution in [-0.2, 0) is 37.1 Å². The quantitative estimate of drug-likeness (QED) is 0.0333. The van der Waals surface area contributed by atoms with Gasteiger partial charge in [-0.15, -0.1) is 11.8 Å². The molecule has 0 aromatic carbocycles. The molecule has 0 aliphatic carbocycles. The summed E-state index contributed by atoms with van der Waals surface area (Å²) in [4.78, 5) is 65.1. The highest BCUT2D eigenvalue weighted by Gasteiger charge is 2.54. The lowest BCUT2D eigenvalue weighted by atomic mass is 10.0. The van der Waals surface area contributed by atoms with E-state index in [0.29, 0.717) is 36.8 Å². The molecule has 2 amide bonds. The summed E-state index contributed by atoms with van der Waals surface area (Å²) in [6.07, 6.45) is 1.06. The number of amides is 2. The van der Waals surface area contributed by atoms with E-state index in [9.17, 15) is 24.3 Å². The number of pyridine rings is 1. The first-order valence-electron chi connectivity index (χ1n) is 14.5. The van der Waals surface area contributed by atoms with Crippen molar-refractivity contribution in [2.75, 3.05) is 36.9 Å². The first kappa shape index (κ1) is 34.8. The molecule has 5 rings (SSSR count). The van der Waals surface area contributed by atoms with Crippen molar-refractivity contribution in [2.24, 2.45) is 5.16 Å². The van der Waals surface area contributed by atoms with Gasteiger partial charge in [0.2, 0.25) is 6.10 Å². The molecule has 3 aromatic heterocycles. The Kier molecular flexibility index (Phi) is 10.7. The van der Waals surface area contributed by atoms with Gasteiger partial charge in [0.25, 0.3) is 11.8 Å². The Morgan fingerprint density at radius 1 is 1.27 bits per heavy atom. The number of hydrogen-bond acceptors (Lipinski definition) is 14. The maximum absolute atomic E-state index is 13.4. The van der Waals surface area contributed by atoms with Crippen LogP contribution in [0.1, 0.15) is 19.0 Å². The van der Waals surface area contributed by atoms with E-state index < -0.39 is 47.0 Å². The standard InChI is InChI=1S/C27H31ClN10O8S2/c1-12(24(42)43)46-35-16(15-19(28)48-27(30)33-15)21(40)32-17-22(41)38-18(25(44)45)13(11-47-23(17)38)10-36-7-2-4-14-20(36)34-26(29)37(14)8-3-5-31-6-9-39/h2,4,7,12,17,23,29,31,39H,3,5-6,8-11H2,1H3,(H5,30,32,33,40,42,43,44,45)/p+1/b35-16-/t12-,17?,23?/m0/s1. The smallest absolute Gasteiger partial charge is 0.352 e. The zero-order valence-corrected chi connectivity index (χ0v) is 27.7. The summed E-state index contributed by atoms with van der Waals surface area (Å²) in [6.45, 7) is 3.07. The van der Waals surface area contributed by atoms with Crippen molar-refractivity contribution in [1.29, 1.82) is 0 Å². The first-order valence-corrected chi connectivity index (χ1v) is 16.7. The van der Waals surface area contributed by atoms with Gasteiger partial charge in [0.15, 0.2) is 10.8 Å². The zero-order chi connectivity index (χ0) is 34.7. The lowest BCUT2D eigenvalue weighted by molar-refractivity contribution is -0.664. The molecule has 0 spiro atoms. The normalized spacial score (nSPS) is 18.4. The van der Waals surface area contributed by atoms with E-state index in [1.807, 2.05) is 10.6 Å². The summed E-state index contributed by atoms with van der Waals surface area (Å²) in [5, 5.41) is 36.9. The molecule has 2 aliphatic heterocycles. The fourth-order valence-electron chi connectivity index (χ4n) is 5.14. The summed E-state index contributed by atoms with van der Waals surface area (Å²) < 4.78 is 3.60. The number of anilines is 2. The Balaban J connectivity index is 1.35. The number of aryl methyl sites for hydroxylation is 1. The fourth-order valence-corrected chi connectivity index (χ4v) is 7.40. The molecule has 0 radical (unpaired) electrons. The number of nitrogens with two attached hydrogens (primary N) is 2. The van der Waals surface area contributed by atoms with Crippen LogP contribution in [0.2, 0.25) is 4.34 Å². The van der Waals surface area contributed by atoms with Crippen molar-refractivity contribution in [2.45, 2.75) is 44.0 Å². The molecule has 0 bridgehead atoms. The number of thioether (sulfide) groups is 1. The van der Waals surface area contributed by atoms with Crippen molar-refractivity contribution in [3.63, 3.8) is 0 Å². The monoisotopic (exact) mass is 723 g/mol. The van der Waals surface area contributed by atoms with Crippen LogP contribution >= 0.6 is 34.7 Å². The Bertz CT molecular complexity index is 1830. The minimum absolute atomic E-state index is 0.00818. The van der Waals surface area contributed by atoms with E-state index in [0.717, 1.165) is 28.2 Å². The lowest BCUT2D eigenvalue weighted by Crippen LogP contribution is -2.71. The van der Waals surface area contributed by atoms with Gasteiger partial charge in [-0.05, 0) is 37.0 Å². The van der Waals surface area contributed by atoms with Crippen LogP contribution in [0.15, 0.2) is 34.8 Å². The number of aliphatic hydroxyl groups is 1. The van der Waals surface area contributed by atoms with Crippen molar-refractivity contribution in [1.82, 2.24) is 30.1 Å². The number of nitrogen functional groups attached to an aromatic ring is 2. The average Bonchev–Trinajstić information content (AvgIpc) is 3.56. The van der Waals surface area contributed by atoms with Crippen LogP contribution in [0.4, 0.5) is 11.1 Å². The minimum atomic E-state index is -1.42. The van der Waals surface area contributed by atoms with E-state index in [4.69, 9.17) is 38.1 Å². The van der Waals surface area contributed by atoms with Gasteiger partial charge in [0.05, 0.1) is 12.8 Å². The number of carboxylic acids is 2. The third kappa shape index (κ3) is 7.02. The highest BCUT2D eigenvalue weighted by atomic mass is 35.5. The number of nitrogens with zero attached hydrogens (tertiary/aromatic N) is 6. The summed E-state index contributed by atoms with van der Waals surface area (Å²) in [6, 6.07) is 2.51. The molecule has 21 heteroatoms. The fraction of sp³-hybridized carbons (Fsp3) is 0.407. The molecule has 9 N–H and O–H groups in total. The molecule has 256 valence electrons. The number of aromatic nitrogens is 4. The molecule has 48 heavy (non-hydrogen) atoms. The second-order valence-electron chi connectivity index (χ2n) is 10.6. The van der Waals surface area contributed by atoms with E-state index >= 15 is 0 Å². The van der Waals surface area contributed by atoms with Crippen LogP contribution in [-0.4, -0.2) is 107 Å². The minimum Gasteiger partial charge on any atom is -0.478 e. The van der Waals surface area contributed by atoms with E-state index in [-0.39, 0.29) is 39.8 Å². The average molecular weight is 724 g/mol. The number of rotatable bonds is 15. The number of halogens is 1. The highest BCUT2D eigenvalue weighted by Crippen LogP contribution is 2.40. The second kappa shape index (κ2) is 14.7. The predicted molar refractivity (Wildman–Crippen MR) is 175 cm³/mol. The molecule has 2 aliphatic rings. The van der Waals surface area contributed by atoms with Crippen LogP contribution in [0, 0.1) is 0 Å². The molecule has 0 saturated carbocycles. The van der Waals surface area contributed by atoms with Crippen LogP contribution < -0.4 is 26.7 Å². The Morgan fingerprint density at radius 3 is 2.71 bits per heavy atom. The van der Waals surface area contributed by atoms with Crippen LogP contribution in [0.25, 0.3) is 11.2 Å². The molecule has 3 atom stereocenters. The molecule has 1 fully saturated rings. The largest absolute Gasteiger partial charge is 0.478 e. The summed E-state index contributed by atoms with van der Waals surface area (Å²) in [5.74, 6) is -3.78. The number of thiazole rings is 1. The number of hydrogen-bond donors (Lipinski definition) is 7. The molecule has 1 saturated heterocycles. The highest BCUT2D eigenvalue weighted by molar-refractivity contribution is 8.00. The van der Waals surface area contributed by atoms with Gasteiger partial charge in [0.1, 0.15) is 39.2 Å². The van der Waals surface area contributed by atoms with Crippen LogP contribution in [0.5, 0.6) is 0 Å². The SMILES string of the molecule is C[C@H](O/N=C(\C(=O)NC1C(=O)N2C(C(=O)O)=C(C[n+]3cccc4c3nc(N)n4CCCNCCO)CSC12)c1nc(N)sc1Cl)C(=O)O. The molecule has 18 nitrogen and oxygen atoms in total. The van der Waals surface area contributed by atoms with Gasteiger partial charge in [-0.25, -0.2) is 19.1 Å². The number of imidazole rings is 1. The summed E-state index contributed by atoms with van der Waals surface area (Å²) in [5.41, 5.74) is 12.8. The number of aliphatic carboxylic acids is 2. The van der Waals surface area contributed by atoms with Crippen molar-refractivity contribution < 1.29 is 43.9 Å².